The molecule has 1 aromatic rings. The first-order valence-electron chi connectivity index (χ1n) is 6.36. The Morgan fingerprint density at radius 3 is 2.21 bits per heavy atom. The molecule has 0 unspecified atom stereocenters. The minimum absolute atomic E-state index is 0.205. The number of benzene rings is 1. The highest BCUT2D eigenvalue weighted by Crippen LogP contribution is 2.38. The summed E-state index contributed by atoms with van der Waals surface area (Å²) in [6, 6.07) is 8.32. The number of hydrogen-bond acceptors (Lipinski definition) is 4. The van der Waals surface area contributed by atoms with Crippen molar-refractivity contribution in [3.8, 4) is 11.8 Å². The minimum atomic E-state index is -3.62. The van der Waals surface area contributed by atoms with Gasteiger partial charge < -0.3 is 4.74 Å². The van der Waals surface area contributed by atoms with Gasteiger partial charge in [-0.05, 0) is 37.1 Å². The summed E-state index contributed by atoms with van der Waals surface area (Å²) in [4.78, 5) is 0.205. The lowest BCUT2D eigenvalue weighted by molar-refractivity contribution is 0.414. The Morgan fingerprint density at radius 2 is 1.74 bits per heavy atom. The van der Waals surface area contributed by atoms with Crippen molar-refractivity contribution >= 4 is 9.84 Å². The van der Waals surface area contributed by atoms with Gasteiger partial charge in [-0.1, -0.05) is 19.3 Å². The number of methoxy groups -OCH3 is 1. The van der Waals surface area contributed by atoms with Crippen LogP contribution in [0.25, 0.3) is 0 Å². The summed E-state index contributed by atoms with van der Waals surface area (Å²) in [5, 5.41) is 9.39. The van der Waals surface area contributed by atoms with Crippen LogP contribution in [0.15, 0.2) is 29.2 Å². The molecule has 1 aromatic carbocycles. The molecule has 0 heterocycles. The van der Waals surface area contributed by atoms with Gasteiger partial charge in [0.2, 0.25) is 0 Å². The van der Waals surface area contributed by atoms with Gasteiger partial charge in [-0.2, -0.15) is 5.26 Å². The molecule has 0 saturated heterocycles. The van der Waals surface area contributed by atoms with Gasteiger partial charge >= 0.3 is 0 Å². The fourth-order valence-corrected chi connectivity index (χ4v) is 4.44. The molecule has 0 amide bonds. The molecule has 1 saturated carbocycles. The summed E-state index contributed by atoms with van der Waals surface area (Å²) < 4.78 is 29.1. The highest BCUT2D eigenvalue weighted by atomic mass is 32.2. The van der Waals surface area contributed by atoms with Gasteiger partial charge in [0.15, 0.2) is 14.6 Å². The standard InChI is InChI=1S/C14H17NO3S/c1-18-12-5-7-13(8-6-12)19(16,17)14(11-15)9-3-2-4-10-14/h5-8H,2-4,9-10H2,1H3. The SMILES string of the molecule is COc1ccc(S(=O)(=O)C2(C#N)CCCCC2)cc1. The van der Waals surface area contributed by atoms with E-state index in [9.17, 15) is 13.7 Å². The maximum atomic E-state index is 12.7. The quantitative estimate of drug-likeness (QED) is 0.853. The first-order valence-corrected chi connectivity index (χ1v) is 7.84. The Bertz CT molecular complexity index is 578. The number of sulfone groups is 1. The van der Waals surface area contributed by atoms with Crippen molar-refractivity contribution in [3.05, 3.63) is 24.3 Å². The number of nitrogens with zero attached hydrogens (tertiary/aromatic N) is 1. The zero-order chi connectivity index (χ0) is 13.9. The Kier molecular flexibility index (Phi) is 3.81. The van der Waals surface area contributed by atoms with Crippen molar-refractivity contribution < 1.29 is 13.2 Å². The van der Waals surface area contributed by atoms with Crippen molar-refractivity contribution in [2.45, 2.75) is 41.7 Å². The Balaban J connectivity index is 2.42. The van der Waals surface area contributed by atoms with Crippen LogP contribution in [0.2, 0.25) is 0 Å². The Labute approximate surface area is 113 Å². The zero-order valence-electron chi connectivity index (χ0n) is 10.9. The molecular weight excluding hydrogens is 262 g/mol. The second-order valence-corrected chi connectivity index (χ2v) is 7.11. The first kappa shape index (κ1) is 13.9. The molecule has 2 rings (SSSR count). The third-order valence-corrected chi connectivity index (χ3v) is 6.17. The third kappa shape index (κ3) is 2.33. The van der Waals surface area contributed by atoms with E-state index >= 15 is 0 Å². The molecule has 1 aliphatic rings. The van der Waals surface area contributed by atoms with E-state index in [0.29, 0.717) is 18.6 Å². The van der Waals surface area contributed by atoms with E-state index in [0.717, 1.165) is 19.3 Å². The van der Waals surface area contributed by atoms with Gasteiger partial charge in [-0.3, -0.25) is 0 Å². The van der Waals surface area contributed by atoms with Crippen molar-refractivity contribution in [1.82, 2.24) is 0 Å². The van der Waals surface area contributed by atoms with Gasteiger partial charge in [0.25, 0.3) is 0 Å². The van der Waals surface area contributed by atoms with Crippen LogP contribution in [0.1, 0.15) is 32.1 Å². The molecule has 0 bridgehead atoms. The van der Waals surface area contributed by atoms with Crippen LogP contribution in [0, 0.1) is 11.3 Å². The predicted octanol–water partition coefficient (Wildman–Crippen LogP) is 2.70. The van der Waals surface area contributed by atoms with E-state index in [1.54, 1.807) is 12.1 Å². The van der Waals surface area contributed by atoms with Crippen LogP contribution in [0.5, 0.6) is 5.75 Å². The second kappa shape index (κ2) is 5.22. The fourth-order valence-electron chi connectivity index (χ4n) is 2.54. The zero-order valence-corrected chi connectivity index (χ0v) is 11.7. The topological polar surface area (TPSA) is 67.2 Å². The summed E-state index contributed by atoms with van der Waals surface area (Å²) in [5.41, 5.74) is 0. The molecule has 0 aromatic heterocycles. The van der Waals surface area contributed by atoms with Crippen LogP contribution in [0.3, 0.4) is 0 Å². The van der Waals surface area contributed by atoms with Crippen LogP contribution in [0.4, 0.5) is 0 Å². The van der Waals surface area contributed by atoms with Crippen molar-refractivity contribution in [2.24, 2.45) is 0 Å². The van der Waals surface area contributed by atoms with Crippen LogP contribution >= 0.6 is 0 Å². The summed E-state index contributed by atoms with van der Waals surface area (Å²) in [7, 11) is -2.09. The number of rotatable bonds is 3. The normalized spacial score (nSPS) is 18.5. The first-order chi connectivity index (χ1) is 9.05. The van der Waals surface area contributed by atoms with Gasteiger partial charge in [0.05, 0.1) is 18.1 Å². The van der Waals surface area contributed by atoms with E-state index in [1.165, 1.54) is 19.2 Å². The fraction of sp³-hybridized carbons (Fsp3) is 0.500. The monoisotopic (exact) mass is 279 g/mol. The molecule has 0 spiro atoms. The molecule has 0 atom stereocenters. The molecular formula is C14H17NO3S. The van der Waals surface area contributed by atoms with E-state index in [4.69, 9.17) is 4.74 Å². The maximum Gasteiger partial charge on any atom is 0.197 e. The van der Waals surface area contributed by atoms with Gasteiger partial charge in [0, 0.05) is 0 Å². The lowest BCUT2D eigenvalue weighted by atomic mass is 9.89. The molecule has 102 valence electrons. The Morgan fingerprint density at radius 1 is 1.16 bits per heavy atom. The van der Waals surface area contributed by atoms with Crippen molar-refractivity contribution in [2.75, 3.05) is 7.11 Å². The average molecular weight is 279 g/mol. The van der Waals surface area contributed by atoms with E-state index in [1.807, 2.05) is 0 Å². The van der Waals surface area contributed by atoms with Gasteiger partial charge in [0.1, 0.15) is 5.75 Å². The largest absolute Gasteiger partial charge is 0.497 e. The lowest BCUT2D eigenvalue weighted by Crippen LogP contribution is -2.39. The third-order valence-electron chi connectivity index (χ3n) is 3.75. The Hall–Kier alpha value is -1.54. The average Bonchev–Trinajstić information content (AvgIpc) is 2.47. The molecule has 0 N–H and O–H groups in total. The molecule has 19 heavy (non-hydrogen) atoms. The molecule has 0 aliphatic heterocycles. The van der Waals surface area contributed by atoms with Crippen LogP contribution in [-0.2, 0) is 9.84 Å². The lowest BCUT2D eigenvalue weighted by Gasteiger charge is -2.30. The molecule has 1 fully saturated rings. The predicted molar refractivity (Wildman–Crippen MR) is 71.6 cm³/mol. The van der Waals surface area contributed by atoms with Crippen molar-refractivity contribution in [3.63, 3.8) is 0 Å². The number of nitriles is 1. The van der Waals surface area contributed by atoms with E-state index in [-0.39, 0.29) is 4.90 Å². The molecule has 1 aliphatic carbocycles. The maximum absolute atomic E-state index is 12.7. The minimum Gasteiger partial charge on any atom is -0.497 e. The van der Waals surface area contributed by atoms with E-state index < -0.39 is 14.6 Å². The molecule has 0 radical (unpaired) electrons. The summed E-state index contributed by atoms with van der Waals surface area (Å²) in [6.07, 6.45) is 3.45. The second-order valence-electron chi connectivity index (χ2n) is 4.85. The number of hydrogen-bond donors (Lipinski definition) is 0. The van der Waals surface area contributed by atoms with Crippen LogP contribution in [-0.4, -0.2) is 20.3 Å². The summed E-state index contributed by atoms with van der Waals surface area (Å²) in [6.45, 7) is 0. The highest BCUT2D eigenvalue weighted by Gasteiger charge is 2.45. The smallest absolute Gasteiger partial charge is 0.197 e. The molecule has 4 nitrogen and oxygen atoms in total. The molecule has 5 heteroatoms. The summed E-state index contributed by atoms with van der Waals surface area (Å²) in [5.74, 6) is 0.605. The van der Waals surface area contributed by atoms with Gasteiger partial charge in [-0.15, -0.1) is 0 Å². The van der Waals surface area contributed by atoms with E-state index in [2.05, 4.69) is 6.07 Å². The number of ether oxygens (including phenoxy) is 1. The highest BCUT2D eigenvalue weighted by molar-refractivity contribution is 7.93. The van der Waals surface area contributed by atoms with Crippen molar-refractivity contribution in [1.29, 1.82) is 5.26 Å². The van der Waals surface area contributed by atoms with Crippen LogP contribution < -0.4 is 4.74 Å². The van der Waals surface area contributed by atoms with Gasteiger partial charge in [-0.25, -0.2) is 8.42 Å². The summed E-state index contributed by atoms with van der Waals surface area (Å²) >= 11 is 0.